The van der Waals surface area contributed by atoms with Crippen molar-refractivity contribution in [2.75, 3.05) is 0 Å². The lowest BCUT2D eigenvalue weighted by atomic mass is 9.93. The molecule has 4 N–H and O–H groups in total. The Balaban J connectivity index is 2.82. The summed E-state index contributed by atoms with van der Waals surface area (Å²) in [5, 5.41) is 9.97. The van der Waals surface area contributed by atoms with Crippen molar-refractivity contribution in [3.8, 4) is 0 Å². The van der Waals surface area contributed by atoms with Crippen molar-refractivity contribution < 1.29 is 9.90 Å². The Kier molecular flexibility index (Phi) is 4.27. The van der Waals surface area contributed by atoms with E-state index in [1.165, 1.54) is 0 Å². The zero-order chi connectivity index (χ0) is 11.3. The first-order valence-electron chi connectivity index (χ1n) is 4.94. The molecule has 0 spiro atoms. The number of nitrogens with one attached hydrogen (secondary N) is 1. The molecule has 0 aliphatic rings. The van der Waals surface area contributed by atoms with E-state index in [2.05, 4.69) is 5.43 Å². The number of aliphatic hydroxyl groups is 1. The van der Waals surface area contributed by atoms with Gasteiger partial charge in [-0.25, -0.2) is 5.84 Å². The summed E-state index contributed by atoms with van der Waals surface area (Å²) >= 11 is 0. The summed E-state index contributed by atoms with van der Waals surface area (Å²) in [7, 11) is 0. The van der Waals surface area contributed by atoms with Gasteiger partial charge in [0, 0.05) is 0 Å². The second-order valence-corrected chi connectivity index (χ2v) is 3.38. The fourth-order valence-electron chi connectivity index (χ4n) is 1.54. The van der Waals surface area contributed by atoms with E-state index in [9.17, 15) is 9.90 Å². The first-order valence-corrected chi connectivity index (χ1v) is 4.94. The molecule has 0 unspecified atom stereocenters. The zero-order valence-corrected chi connectivity index (χ0v) is 8.68. The fourth-order valence-corrected chi connectivity index (χ4v) is 1.54. The molecule has 0 bridgehead atoms. The number of hydrogen-bond acceptors (Lipinski definition) is 3. The number of rotatable bonds is 4. The molecule has 0 heterocycles. The molecule has 1 aromatic carbocycles. The molecule has 0 aromatic heterocycles. The van der Waals surface area contributed by atoms with Crippen LogP contribution in [-0.2, 0) is 4.79 Å². The SMILES string of the molecule is CC[C@@H](C(=O)NN)[C@@H](O)c1ccccc1. The molecule has 1 aromatic rings. The van der Waals surface area contributed by atoms with Crippen molar-refractivity contribution >= 4 is 5.91 Å². The van der Waals surface area contributed by atoms with E-state index >= 15 is 0 Å². The van der Waals surface area contributed by atoms with Crippen LogP contribution in [0.5, 0.6) is 0 Å². The highest BCUT2D eigenvalue weighted by molar-refractivity contribution is 5.78. The van der Waals surface area contributed by atoms with Gasteiger partial charge in [0.15, 0.2) is 0 Å². The Labute approximate surface area is 89.1 Å². The first-order chi connectivity index (χ1) is 7.20. The van der Waals surface area contributed by atoms with Gasteiger partial charge in [0.2, 0.25) is 5.91 Å². The van der Waals surface area contributed by atoms with E-state index < -0.39 is 12.0 Å². The van der Waals surface area contributed by atoms with Gasteiger partial charge >= 0.3 is 0 Å². The molecule has 0 aliphatic heterocycles. The van der Waals surface area contributed by atoms with Gasteiger partial charge in [-0.15, -0.1) is 0 Å². The quantitative estimate of drug-likeness (QED) is 0.388. The Morgan fingerprint density at radius 3 is 2.53 bits per heavy atom. The first kappa shape index (κ1) is 11.7. The Morgan fingerprint density at radius 1 is 1.47 bits per heavy atom. The minimum Gasteiger partial charge on any atom is -0.388 e. The lowest BCUT2D eigenvalue weighted by molar-refractivity contribution is -0.129. The van der Waals surface area contributed by atoms with Crippen molar-refractivity contribution in [1.82, 2.24) is 5.43 Å². The molecule has 4 heteroatoms. The molecule has 4 nitrogen and oxygen atoms in total. The van der Waals surface area contributed by atoms with Crippen molar-refractivity contribution in [3.63, 3.8) is 0 Å². The van der Waals surface area contributed by atoms with E-state index in [0.29, 0.717) is 6.42 Å². The molecule has 15 heavy (non-hydrogen) atoms. The largest absolute Gasteiger partial charge is 0.388 e. The summed E-state index contributed by atoms with van der Waals surface area (Å²) in [5.74, 6) is 4.21. The van der Waals surface area contributed by atoms with Gasteiger partial charge < -0.3 is 5.11 Å². The minimum atomic E-state index is -0.806. The summed E-state index contributed by atoms with van der Waals surface area (Å²) in [5.41, 5.74) is 2.80. The van der Waals surface area contributed by atoms with Gasteiger partial charge in [0.25, 0.3) is 0 Å². The summed E-state index contributed by atoms with van der Waals surface area (Å²) in [4.78, 5) is 11.4. The normalized spacial score (nSPS) is 14.3. The highest BCUT2D eigenvalue weighted by Gasteiger charge is 2.25. The molecule has 1 amide bonds. The average molecular weight is 208 g/mol. The fraction of sp³-hybridized carbons (Fsp3) is 0.364. The topological polar surface area (TPSA) is 75.4 Å². The molecule has 82 valence electrons. The molecular formula is C11H16N2O2. The molecule has 0 saturated heterocycles. The van der Waals surface area contributed by atoms with E-state index in [4.69, 9.17) is 5.84 Å². The van der Waals surface area contributed by atoms with Crippen LogP contribution in [0.3, 0.4) is 0 Å². The number of amides is 1. The Bertz CT molecular complexity index is 314. The van der Waals surface area contributed by atoms with Gasteiger partial charge in [-0.1, -0.05) is 37.3 Å². The van der Waals surface area contributed by atoms with Crippen molar-refractivity contribution in [3.05, 3.63) is 35.9 Å². The van der Waals surface area contributed by atoms with Crippen molar-refractivity contribution in [2.24, 2.45) is 11.8 Å². The molecule has 0 radical (unpaired) electrons. The van der Waals surface area contributed by atoms with Crippen molar-refractivity contribution in [2.45, 2.75) is 19.4 Å². The minimum absolute atomic E-state index is 0.339. The Hall–Kier alpha value is -1.39. The molecule has 0 fully saturated rings. The number of hydrogen-bond donors (Lipinski definition) is 3. The van der Waals surface area contributed by atoms with Gasteiger partial charge in [-0.3, -0.25) is 10.2 Å². The average Bonchev–Trinajstić information content (AvgIpc) is 2.30. The number of benzene rings is 1. The number of nitrogens with two attached hydrogens (primary N) is 1. The summed E-state index contributed by atoms with van der Waals surface area (Å²) in [6.45, 7) is 1.84. The summed E-state index contributed by atoms with van der Waals surface area (Å²) in [6.07, 6.45) is -0.265. The molecular weight excluding hydrogens is 192 g/mol. The van der Waals surface area contributed by atoms with Crippen LogP contribution in [0.4, 0.5) is 0 Å². The number of hydrazine groups is 1. The molecule has 0 saturated carbocycles. The molecule has 0 aliphatic carbocycles. The predicted molar refractivity (Wildman–Crippen MR) is 57.5 cm³/mol. The van der Waals surface area contributed by atoms with Crippen LogP contribution < -0.4 is 11.3 Å². The maximum Gasteiger partial charge on any atom is 0.239 e. The van der Waals surface area contributed by atoms with Crippen LogP contribution in [0.15, 0.2) is 30.3 Å². The molecule has 1 rings (SSSR count). The Morgan fingerprint density at radius 2 is 2.07 bits per heavy atom. The second kappa shape index (κ2) is 5.48. The third-order valence-electron chi connectivity index (χ3n) is 2.44. The number of carbonyl (C=O) groups is 1. The standard InChI is InChI=1S/C11H16N2O2/c1-2-9(11(15)13-12)10(14)8-6-4-3-5-7-8/h3-7,9-10,14H,2,12H2,1H3,(H,13,15)/t9-,10+/m1/s1. The lowest BCUT2D eigenvalue weighted by Gasteiger charge is -2.19. The van der Waals surface area contributed by atoms with Crippen LogP contribution in [0, 0.1) is 5.92 Å². The highest BCUT2D eigenvalue weighted by Crippen LogP contribution is 2.24. The number of aliphatic hydroxyl groups excluding tert-OH is 1. The van der Waals surface area contributed by atoms with Crippen LogP contribution in [0.25, 0.3) is 0 Å². The molecule has 2 atom stereocenters. The number of carbonyl (C=O) groups excluding carboxylic acids is 1. The van der Waals surface area contributed by atoms with Gasteiger partial charge in [-0.2, -0.15) is 0 Å². The summed E-state index contributed by atoms with van der Waals surface area (Å²) in [6, 6.07) is 9.09. The van der Waals surface area contributed by atoms with E-state index in [1.807, 2.05) is 25.1 Å². The third-order valence-corrected chi connectivity index (χ3v) is 2.44. The van der Waals surface area contributed by atoms with Gasteiger partial charge in [-0.05, 0) is 12.0 Å². The van der Waals surface area contributed by atoms with Crippen molar-refractivity contribution in [1.29, 1.82) is 0 Å². The zero-order valence-electron chi connectivity index (χ0n) is 8.68. The van der Waals surface area contributed by atoms with E-state index in [-0.39, 0.29) is 5.91 Å². The monoisotopic (exact) mass is 208 g/mol. The van der Waals surface area contributed by atoms with Crippen LogP contribution in [0.2, 0.25) is 0 Å². The lowest BCUT2D eigenvalue weighted by Crippen LogP contribution is -2.38. The van der Waals surface area contributed by atoms with Crippen LogP contribution in [-0.4, -0.2) is 11.0 Å². The maximum atomic E-state index is 11.4. The smallest absolute Gasteiger partial charge is 0.239 e. The maximum absolute atomic E-state index is 11.4. The van der Waals surface area contributed by atoms with Crippen LogP contribution in [0.1, 0.15) is 25.0 Å². The van der Waals surface area contributed by atoms with Crippen LogP contribution >= 0.6 is 0 Å². The van der Waals surface area contributed by atoms with Gasteiger partial charge in [0.05, 0.1) is 12.0 Å². The second-order valence-electron chi connectivity index (χ2n) is 3.38. The highest BCUT2D eigenvalue weighted by atomic mass is 16.3. The third kappa shape index (κ3) is 2.78. The summed E-state index contributed by atoms with van der Waals surface area (Å²) < 4.78 is 0. The van der Waals surface area contributed by atoms with E-state index in [1.54, 1.807) is 12.1 Å². The predicted octanol–water partition coefficient (Wildman–Crippen LogP) is 0.736. The van der Waals surface area contributed by atoms with E-state index in [0.717, 1.165) is 5.56 Å². The van der Waals surface area contributed by atoms with Gasteiger partial charge in [0.1, 0.15) is 0 Å².